The van der Waals surface area contributed by atoms with Gasteiger partial charge < -0.3 is 10.4 Å². The van der Waals surface area contributed by atoms with Crippen molar-refractivity contribution >= 4 is 5.91 Å². The van der Waals surface area contributed by atoms with Crippen molar-refractivity contribution in [1.29, 1.82) is 0 Å². The van der Waals surface area contributed by atoms with E-state index >= 15 is 0 Å². The first-order valence-electron chi connectivity index (χ1n) is 5.16. The quantitative estimate of drug-likeness (QED) is 0.673. The summed E-state index contributed by atoms with van der Waals surface area (Å²) in [7, 11) is 0. The van der Waals surface area contributed by atoms with Gasteiger partial charge in [-0.05, 0) is 25.2 Å². The molecule has 76 valence electrons. The molecular weight excluding hydrogens is 166 g/mol. The van der Waals surface area contributed by atoms with E-state index in [9.17, 15) is 4.79 Å². The van der Waals surface area contributed by atoms with Gasteiger partial charge in [-0.25, -0.2) is 0 Å². The Hall–Kier alpha value is -0.570. The SMILES string of the molecule is CCC(CO)NC(=O)CC1CCC1. The Bertz CT molecular complexity index is 162. The van der Waals surface area contributed by atoms with Gasteiger partial charge in [-0.2, -0.15) is 0 Å². The molecule has 0 heterocycles. The molecule has 0 aromatic rings. The molecule has 13 heavy (non-hydrogen) atoms. The number of carbonyl (C=O) groups excluding carboxylic acids is 1. The van der Waals surface area contributed by atoms with Crippen molar-refractivity contribution in [1.82, 2.24) is 5.32 Å². The van der Waals surface area contributed by atoms with Crippen molar-refractivity contribution in [3.63, 3.8) is 0 Å². The molecule has 0 aromatic heterocycles. The molecule has 1 aliphatic carbocycles. The molecule has 0 bridgehead atoms. The predicted octanol–water partition coefficient (Wildman–Crippen LogP) is 1.06. The third-order valence-corrected chi connectivity index (χ3v) is 2.78. The first-order valence-corrected chi connectivity index (χ1v) is 5.16. The normalized spacial score (nSPS) is 19.2. The highest BCUT2D eigenvalue weighted by molar-refractivity contribution is 5.76. The number of nitrogens with one attached hydrogen (secondary N) is 1. The van der Waals surface area contributed by atoms with Crippen LogP contribution in [0.25, 0.3) is 0 Å². The van der Waals surface area contributed by atoms with Gasteiger partial charge in [-0.3, -0.25) is 4.79 Å². The fraction of sp³-hybridized carbons (Fsp3) is 0.900. The van der Waals surface area contributed by atoms with Crippen LogP contribution in [0.15, 0.2) is 0 Å². The minimum absolute atomic E-state index is 0.0485. The largest absolute Gasteiger partial charge is 0.394 e. The lowest BCUT2D eigenvalue weighted by Gasteiger charge is -2.25. The van der Waals surface area contributed by atoms with Crippen LogP contribution in [0.4, 0.5) is 0 Å². The minimum Gasteiger partial charge on any atom is -0.394 e. The second-order valence-corrected chi connectivity index (χ2v) is 3.86. The van der Waals surface area contributed by atoms with Crippen LogP contribution in [0.2, 0.25) is 0 Å². The van der Waals surface area contributed by atoms with Gasteiger partial charge in [-0.15, -0.1) is 0 Å². The second kappa shape index (κ2) is 5.22. The molecule has 0 saturated heterocycles. The molecule has 0 aromatic carbocycles. The van der Waals surface area contributed by atoms with E-state index in [1.54, 1.807) is 0 Å². The summed E-state index contributed by atoms with van der Waals surface area (Å²) in [5, 5.41) is 11.7. The molecule has 0 spiro atoms. The number of hydrogen-bond donors (Lipinski definition) is 2. The number of amides is 1. The zero-order valence-corrected chi connectivity index (χ0v) is 8.25. The fourth-order valence-corrected chi connectivity index (χ4v) is 1.52. The third kappa shape index (κ3) is 3.35. The molecule has 3 heteroatoms. The third-order valence-electron chi connectivity index (χ3n) is 2.78. The maximum Gasteiger partial charge on any atom is 0.220 e. The Labute approximate surface area is 79.5 Å². The number of rotatable bonds is 5. The molecule has 0 aliphatic heterocycles. The van der Waals surface area contributed by atoms with E-state index in [1.165, 1.54) is 19.3 Å². The monoisotopic (exact) mass is 185 g/mol. The summed E-state index contributed by atoms with van der Waals surface area (Å²) < 4.78 is 0. The summed E-state index contributed by atoms with van der Waals surface area (Å²) in [4.78, 5) is 11.4. The van der Waals surface area contributed by atoms with Crippen molar-refractivity contribution < 1.29 is 9.90 Å². The van der Waals surface area contributed by atoms with Crippen LogP contribution in [0.5, 0.6) is 0 Å². The highest BCUT2D eigenvalue weighted by atomic mass is 16.3. The van der Waals surface area contributed by atoms with Crippen LogP contribution in [-0.2, 0) is 4.79 Å². The summed E-state index contributed by atoms with van der Waals surface area (Å²) >= 11 is 0. The lowest BCUT2D eigenvalue weighted by atomic mass is 9.83. The molecule has 1 unspecified atom stereocenters. The zero-order chi connectivity index (χ0) is 9.68. The number of aliphatic hydroxyl groups excluding tert-OH is 1. The highest BCUT2D eigenvalue weighted by Crippen LogP contribution is 2.29. The maximum atomic E-state index is 11.4. The maximum absolute atomic E-state index is 11.4. The van der Waals surface area contributed by atoms with Crippen molar-refractivity contribution in [3.8, 4) is 0 Å². The Morgan fingerprint density at radius 3 is 2.69 bits per heavy atom. The lowest BCUT2D eigenvalue weighted by Crippen LogP contribution is -2.38. The van der Waals surface area contributed by atoms with E-state index in [2.05, 4.69) is 5.32 Å². The summed E-state index contributed by atoms with van der Waals surface area (Å²) in [6, 6.07) is -0.0485. The van der Waals surface area contributed by atoms with Crippen LogP contribution in [0.1, 0.15) is 39.0 Å². The Balaban J connectivity index is 2.14. The zero-order valence-electron chi connectivity index (χ0n) is 8.25. The topological polar surface area (TPSA) is 49.3 Å². The second-order valence-electron chi connectivity index (χ2n) is 3.86. The van der Waals surface area contributed by atoms with E-state index in [-0.39, 0.29) is 18.6 Å². The summed E-state index contributed by atoms with van der Waals surface area (Å²) in [6.07, 6.45) is 5.12. The molecule has 1 saturated carbocycles. The predicted molar refractivity (Wildman–Crippen MR) is 51.3 cm³/mol. The van der Waals surface area contributed by atoms with E-state index in [0.29, 0.717) is 12.3 Å². The molecule has 1 fully saturated rings. The van der Waals surface area contributed by atoms with Gasteiger partial charge >= 0.3 is 0 Å². The van der Waals surface area contributed by atoms with Crippen molar-refractivity contribution in [2.45, 2.75) is 45.1 Å². The molecule has 2 N–H and O–H groups in total. The highest BCUT2D eigenvalue weighted by Gasteiger charge is 2.21. The molecule has 1 atom stereocenters. The van der Waals surface area contributed by atoms with Gasteiger partial charge in [0.05, 0.1) is 12.6 Å². The first kappa shape index (κ1) is 10.5. The molecule has 0 radical (unpaired) electrons. The molecule has 1 amide bonds. The van der Waals surface area contributed by atoms with Crippen LogP contribution in [0, 0.1) is 5.92 Å². The number of aliphatic hydroxyl groups is 1. The summed E-state index contributed by atoms with van der Waals surface area (Å²) in [5.41, 5.74) is 0. The van der Waals surface area contributed by atoms with Crippen LogP contribution >= 0.6 is 0 Å². The van der Waals surface area contributed by atoms with Gasteiger partial charge in [0.1, 0.15) is 0 Å². The van der Waals surface area contributed by atoms with Gasteiger partial charge in [0.15, 0.2) is 0 Å². The van der Waals surface area contributed by atoms with Crippen LogP contribution < -0.4 is 5.32 Å². The minimum atomic E-state index is -0.0485. The smallest absolute Gasteiger partial charge is 0.220 e. The Morgan fingerprint density at radius 2 is 2.31 bits per heavy atom. The van der Waals surface area contributed by atoms with E-state index in [1.807, 2.05) is 6.92 Å². The number of carbonyl (C=O) groups is 1. The van der Waals surface area contributed by atoms with Gasteiger partial charge in [-0.1, -0.05) is 13.3 Å². The van der Waals surface area contributed by atoms with Gasteiger partial charge in [0.2, 0.25) is 5.91 Å². The van der Waals surface area contributed by atoms with Crippen LogP contribution in [0.3, 0.4) is 0 Å². The standard InChI is InChI=1S/C10H19NO2/c1-2-9(7-12)11-10(13)6-8-4-3-5-8/h8-9,12H,2-7H2,1H3,(H,11,13). The Morgan fingerprint density at radius 1 is 1.62 bits per heavy atom. The lowest BCUT2D eigenvalue weighted by molar-refractivity contribution is -0.123. The van der Waals surface area contributed by atoms with Crippen molar-refractivity contribution in [2.75, 3.05) is 6.61 Å². The van der Waals surface area contributed by atoms with E-state index < -0.39 is 0 Å². The number of hydrogen-bond acceptors (Lipinski definition) is 2. The summed E-state index contributed by atoms with van der Waals surface area (Å²) in [5.74, 6) is 0.710. The van der Waals surface area contributed by atoms with E-state index in [0.717, 1.165) is 6.42 Å². The fourth-order valence-electron chi connectivity index (χ4n) is 1.52. The molecule has 3 nitrogen and oxygen atoms in total. The Kier molecular flexibility index (Phi) is 4.22. The van der Waals surface area contributed by atoms with Crippen molar-refractivity contribution in [2.24, 2.45) is 5.92 Å². The first-order chi connectivity index (χ1) is 6.26. The average molecular weight is 185 g/mol. The van der Waals surface area contributed by atoms with E-state index in [4.69, 9.17) is 5.11 Å². The molecular formula is C10H19NO2. The molecule has 1 rings (SSSR count). The van der Waals surface area contributed by atoms with Crippen LogP contribution in [-0.4, -0.2) is 23.7 Å². The average Bonchev–Trinajstić information content (AvgIpc) is 2.07. The van der Waals surface area contributed by atoms with Crippen molar-refractivity contribution in [3.05, 3.63) is 0 Å². The van der Waals surface area contributed by atoms with Gasteiger partial charge in [0.25, 0.3) is 0 Å². The van der Waals surface area contributed by atoms with Gasteiger partial charge in [0, 0.05) is 6.42 Å². The molecule has 1 aliphatic rings. The summed E-state index contributed by atoms with van der Waals surface area (Å²) in [6.45, 7) is 2.01.